The zero-order chi connectivity index (χ0) is 14.5. The fourth-order valence-electron chi connectivity index (χ4n) is 2.01. The van der Waals surface area contributed by atoms with Crippen molar-refractivity contribution >= 4 is 21.6 Å². The summed E-state index contributed by atoms with van der Waals surface area (Å²) in [5.74, 6) is 1.68. The molecule has 0 heterocycles. The van der Waals surface area contributed by atoms with Gasteiger partial charge in [-0.3, -0.25) is 0 Å². The van der Waals surface area contributed by atoms with Crippen LogP contribution in [0.3, 0.4) is 0 Å². The summed E-state index contributed by atoms with van der Waals surface area (Å²) in [4.78, 5) is 0. The van der Waals surface area contributed by atoms with Gasteiger partial charge in [-0.1, -0.05) is 28.1 Å². The Kier molecular flexibility index (Phi) is 4.90. The molecule has 3 nitrogen and oxygen atoms in total. The second-order valence-electron chi connectivity index (χ2n) is 4.52. The molecule has 2 aromatic rings. The average molecular weight is 336 g/mol. The normalized spacial score (nSPS) is 11.8. The van der Waals surface area contributed by atoms with E-state index in [9.17, 15) is 0 Å². The zero-order valence-corrected chi connectivity index (χ0v) is 13.4. The molecule has 20 heavy (non-hydrogen) atoms. The van der Waals surface area contributed by atoms with Crippen molar-refractivity contribution in [3.63, 3.8) is 0 Å². The van der Waals surface area contributed by atoms with E-state index >= 15 is 0 Å². The molecular weight excluding hydrogens is 318 g/mol. The number of anilines is 1. The van der Waals surface area contributed by atoms with E-state index in [0.717, 1.165) is 21.7 Å². The van der Waals surface area contributed by atoms with E-state index in [1.54, 1.807) is 14.2 Å². The molecule has 0 amide bonds. The first kappa shape index (κ1) is 14.7. The maximum absolute atomic E-state index is 5.27. The highest BCUT2D eigenvalue weighted by Crippen LogP contribution is 2.28. The number of methoxy groups -OCH3 is 2. The third-order valence-electron chi connectivity index (χ3n) is 3.08. The maximum atomic E-state index is 5.27. The van der Waals surface area contributed by atoms with Crippen molar-refractivity contribution in [3.8, 4) is 11.5 Å². The Bertz CT molecular complexity index is 586. The summed E-state index contributed by atoms with van der Waals surface area (Å²) in [5.41, 5.74) is 2.18. The molecule has 0 aliphatic heterocycles. The molecule has 1 N–H and O–H groups in total. The van der Waals surface area contributed by atoms with Gasteiger partial charge in [-0.15, -0.1) is 0 Å². The fraction of sp³-hybridized carbons (Fsp3) is 0.250. The van der Waals surface area contributed by atoms with Crippen LogP contribution in [0.1, 0.15) is 18.5 Å². The van der Waals surface area contributed by atoms with Crippen molar-refractivity contribution in [2.45, 2.75) is 13.0 Å². The van der Waals surface area contributed by atoms with Gasteiger partial charge >= 0.3 is 0 Å². The van der Waals surface area contributed by atoms with Crippen LogP contribution in [-0.4, -0.2) is 14.2 Å². The van der Waals surface area contributed by atoms with Crippen LogP contribution in [0.2, 0.25) is 0 Å². The van der Waals surface area contributed by atoms with Crippen LogP contribution in [0.15, 0.2) is 46.9 Å². The van der Waals surface area contributed by atoms with Crippen molar-refractivity contribution in [2.24, 2.45) is 0 Å². The summed E-state index contributed by atoms with van der Waals surface area (Å²) in [6.45, 7) is 2.11. The molecule has 0 saturated heterocycles. The van der Waals surface area contributed by atoms with Gasteiger partial charge in [-0.25, -0.2) is 0 Å². The third-order valence-corrected chi connectivity index (χ3v) is 3.54. The topological polar surface area (TPSA) is 30.5 Å². The monoisotopic (exact) mass is 335 g/mol. The molecule has 0 fully saturated rings. The summed E-state index contributed by atoms with van der Waals surface area (Å²) in [6, 6.07) is 14.2. The van der Waals surface area contributed by atoms with E-state index in [-0.39, 0.29) is 6.04 Å². The molecule has 106 valence electrons. The Morgan fingerprint density at radius 3 is 2.45 bits per heavy atom. The van der Waals surface area contributed by atoms with Gasteiger partial charge in [0.25, 0.3) is 0 Å². The van der Waals surface area contributed by atoms with Gasteiger partial charge in [-0.05, 0) is 36.8 Å². The molecule has 1 unspecified atom stereocenters. The lowest BCUT2D eigenvalue weighted by atomic mass is 10.1. The van der Waals surface area contributed by atoms with Crippen LogP contribution < -0.4 is 14.8 Å². The standard InChI is InChI=1S/C16H18BrNO2/c1-11(12-5-4-6-15(7-12)19-2)18-14-8-13(17)9-16(10-14)20-3/h4-11,18H,1-3H3. The lowest BCUT2D eigenvalue weighted by Crippen LogP contribution is -2.06. The Hall–Kier alpha value is -1.68. The van der Waals surface area contributed by atoms with Gasteiger partial charge < -0.3 is 14.8 Å². The number of ether oxygens (including phenoxy) is 2. The van der Waals surface area contributed by atoms with E-state index < -0.39 is 0 Å². The summed E-state index contributed by atoms with van der Waals surface area (Å²) in [5, 5.41) is 3.46. The summed E-state index contributed by atoms with van der Waals surface area (Å²) in [6.07, 6.45) is 0. The van der Waals surface area contributed by atoms with Crippen LogP contribution in [0.25, 0.3) is 0 Å². The van der Waals surface area contributed by atoms with E-state index in [0.29, 0.717) is 0 Å². The molecular formula is C16H18BrNO2. The SMILES string of the molecule is COc1cc(Br)cc(NC(C)c2cccc(OC)c2)c1. The number of nitrogens with one attached hydrogen (secondary N) is 1. The first-order valence-electron chi connectivity index (χ1n) is 6.37. The summed E-state index contributed by atoms with van der Waals surface area (Å²) >= 11 is 3.48. The van der Waals surface area contributed by atoms with E-state index in [4.69, 9.17) is 9.47 Å². The molecule has 0 aliphatic rings. The number of rotatable bonds is 5. The molecule has 0 aromatic heterocycles. The molecule has 0 aliphatic carbocycles. The zero-order valence-electron chi connectivity index (χ0n) is 11.8. The summed E-state index contributed by atoms with van der Waals surface area (Å²) < 4.78 is 11.5. The molecule has 2 rings (SSSR count). The van der Waals surface area contributed by atoms with E-state index in [1.807, 2.05) is 36.4 Å². The van der Waals surface area contributed by atoms with Crippen LogP contribution in [-0.2, 0) is 0 Å². The lowest BCUT2D eigenvalue weighted by Gasteiger charge is -2.17. The number of hydrogen-bond acceptors (Lipinski definition) is 3. The number of halogens is 1. The van der Waals surface area contributed by atoms with Crippen LogP contribution in [0.5, 0.6) is 11.5 Å². The Balaban J connectivity index is 2.18. The van der Waals surface area contributed by atoms with Crippen LogP contribution in [0.4, 0.5) is 5.69 Å². The summed E-state index contributed by atoms with van der Waals surface area (Å²) in [7, 11) is 3.34. The highest BCUT2D eigenvalue weighted by atomic mass is 79.9. The highest BCUT2D eigenvalue weighted by Gasteiger charge is 2.08. The largest absolute Gasteiger partial charge is 0.497 e. The number of hydrogen-bond donors (Lipinski definition) is 1. The van der Waals surface area contributed by atoms with Gasteiger partial charge in [0.15, 0.2) is 0 Å². The second kappa shape index (κ2) is 6.66. The van der Waals surface area contributed by atoms with Crippen molar-refractivity contribution in [2.75, 3.05) is 19.5 Å². The predicted molar refractivity (Wildman–Crippen MR) is 85.7 cm³/mol. The van der Waals surface area contributed by atoms with Crippen molar-refractivity contribution in [1.29, 1.82) is 0 Å². The second-order valence-corrected chi connectivity index (χ2v) is 5.44. The van der Waals surface area contributed by atoms with Crippen molar-refractivity contribution < 1.29 is 9.47 Å². The predicted octanol–water partition coefficient (Wildman–Crippen LogP) is 4.64. The first-order valence-corrected chi connectivity index (χ1v) is 7.16. The number of benzene rings is 2. The molecule has 2 aromatic carbocycles. The van der Waals surface area contributed by atoms with E-state index in [2.05, 4.69) is 34.2 Å². The molecule has 0 spiro atoms. The van der Waals surface area contributed by atoms with Gasteiger partial charge in [0.05, 0.1) is 14.2 Å². The van der Waals surface area contributed by atoms with Crippen molar-refractivity contribution in [3.05, 3.63) is 52.5 Å². The maximum Gasteiger partial charge on any atom is 0.122 e. The van der Waals surface area contributed by atoms with Gasteiger partial charge in [-0.2, -0.15) is 0 Å². The molecule has 0 bridgehead atoms. The lowest BCUT2D eigenvalue weighted by molar-refractivity contribution is 0.414. The van der Waals surface area contributed by atoms with Gasteiger partial charge in [0.2, 0.25) is 0 Å². The molecule has 0 saturated carbocycles. The molecule has 1 atom stereocenters. The minimum Gasteiger partial charge on any atom is -0.497 e. The minimum atomic E-state index is 0.170. The third kappa shape index (κ3) is 3.67. The molecule has 0 radical (unpaired) electrons. The highest BCUT2D eigenvalue weighted by molar-refractivity contribution is 9.10. The smallest absolute Gasteiger partial charge is 0.122 e. The van der Waals surface area contributed by atoms with Gasteiger partial charge in [0, 0.05) is 22.3 Å². The minimum absolute atomic E-state index is 0.170. The van der Waals surface area contributed by atoms with Crippen molar-refractivity contribution in [1.82, 2.24) is 0 Å². The Labute approximate surface area is 128 Å². The Morgan fingerprint density at radius 1 is 1.00 bits per heavy atom. The first-order chi connectivity index (χ1) is 9.62. The Morgan fingerprint density at radius 2 is 1.75 bits per heavy atom. The van der Waals surface area contributed by atoms with Crippen LogP contribution >= 0.6 is 15.9 Å². The fourth-order valence-corrected chi connectivity index (χ4v) is 2.48. The average Bonchev–Trinajstić information content (AvgIpc) is 2.46. The quantitative estimate of drug-likeness (QED) is 0.863. The van der Waals surface area contributed by atoms with Crippen LogP contribution in [0, 0.1) is 0 Å². The van der Waals surface area contributed by atoms with Gasteiger partial charge in [0.1, 0.15) is 11.5 Å². The molecule has 4 heteroatoms. The van der Waals surface area contributed by atoms with E-state index in [1.165, 1.54) is 5.56 Å².